The van der Waals surface area contributed by atoms with E-state index in [0.29, 0.717) is 5.75 Å². The monoisotopic (exact) mass is 517 g/mol. The van der Waals surface area contributed by atoms with Crippen LogP contribution in [0.5, 0.6) is 5.75 Å². The summed E-state index contributed by atoms with van der Waals surface area (Å²) in [5.74, 6) is -2.31. The molecule has 0 saturated carbocycles. The molecule has 1 heterocycles. The molecule has 0 fully saturated rings. The Hall–Kier alpha value is -5.19. The molecule has 0 unspecified atom stereocenters. The van der Waals surface area contributed by atoms with E-state index in [0.717, 1.165) is 12.0 Å². The van der Waals surface area contributed by atoms with Crippen LogP contribution in [0.1, 0.15) is 10.4 Å². The summed E-state index contributed by atoms with van der Waals surface area (Å²) in [5.41, 5.74) is -2.12. The van der Waals surface area contributed by atoms with Crippen molar-refractivity contribution in [3.63, 3.8) is 0 Å². The second kappa shape index (κ2) is 10.4. The molecule has 0 radical (unpaired) electrons. The van der Waals surface area contributed by atoms with Crippen LogP contribution in [0.25, 0.3) is 0 Å². The first kappa shape index (κ1) is 25.9. The highest BCUT2D eigenvalue weighted by atomic mass is 16.6. The zero-order valence-electron chi connectivity index (χ0n) is 20.7. The molecular formula is C27H23N3O8. The van der Waals surface area contributed by atoms with Crippen molar-refractivity contribution in [2.24, 2.45) is 0 Å². The minimum absolute atomic E-state index is 0.189. The summed E-state index contributed by atoms with van der Waals surface area (Å²) < 4.78 is 15.8. The minimum atomic E-state index is -2.24. The number of methoxy groups -OCH3 is 3. The summed E-state index contributed by atoms with van der Waals surface area (Å²) in [6.45, 7) is 0. The number of amides is 1. The van der Waals surface area contributed by atoms with E-state index in [4.69, 9.17) is 14.2 Å². The second-order valence-corrected chi connectivity index (χ2v) is 8.07. The number of carbonyl (C=O) groups is 3. The molecule has 3 aromatic rings. The minimum Gasteiger partial charge on any atom is -0.497 e. The van der Waals surface area contributed by atoms with Crippen LogP contribution >= 0.6 is 0 Å². The molecule has 0 saturated heterocycles. The van der Waals surface area contributed by atoms with Gasteiger partial charge in [0.15, 0.2) is 11.5 Å². The zero-order chi connectivity index (χ0) is 27.4. The number of nitro groups is 1. The molecule has 1 aliphatic heterocycles. The van der Waals surface area contributed by atoms with Crippen LogP contribution < -0.4 is 15.0 Å². The highest BCUT2D eigenvalue weighted by Crippen LogP contribution is 2.43. The topological polar surface area (TPSA) is 137 Å². The van der Waals surface area contributed by atoms with Gasteiger partial charge in [-0.2, -0.15) is 0 Å². The number of hydrogen-bond donors (Lipinski definition) is 1. The molecule has 0 aliphatic carbocycles. The number of rotatable bonds is 9. The highest BCUT2D eigenvalue weighted by molar-refractivity contribution is 6.27. The molecule has 194 valence electrons. The molecule has 3 aromatic carbocycles. The van der Waals surface area contributed by atoms with Gasteiger partial charge >= 0.3 is 5.97 Å². The van der Waals surface area contributed by atoms with Gasteiger partial charge in [-0.05, 0) is 36.4 Å². The quantitative estimate of drug-likeness (QED) is 0.195. The van der Waals surface area contributed by atoms with Gasteiger partial charge in [0.25, 0.3) is 17.3 Å². The fourth-order valence-electron chi connectivity index (χ4n) is 4.26. The van der Waals surface area contributed by atoms with Crippen molar-refractivity contribution in [3.8, 4) is 5.75 Å². The Morgan fingerprint density at radius 1 is 0.895 bits per heavy atom. The number of ketones is 1. The number of nitro benzene ring substituents is 1. The Kier molecular flexibility index (Phi) is 7.10. The van der Waals surface area contributed by atoms with Gasteiger partial charge in [0.05, 0.1) is 26.3 Å². The maximum atomic E-state index is 13.9. The summed E-state index contributed by atoms with van der Waals surface area (Å²) in [5, 5.41) is 14.1. The average Bonchev–Trinajstić information content (AvgIpc) is 3.20. The predicted molar refractivity (Wildman–Crippen MR) is 137 cm³/mol. The third kappa shape index (κ3) is 4.30. The van der Waals surface area contributed by atoms with E-state index >= 15 is 0 Å². The normalized spacial score (nSPS) is 16.7. The highest BCUT2D eigenvalue weighted by Gasteiger charge is 2.62. The van der Waals surface area contributed by atoms with Gasteiger partial charge in [-0.25, -0.2) is 4.79 Å². The first-order valence-electron chi connectivity index (χ1n) is 11.3. The number of carbonyl (C=O) groups excluding carboxylic acids is 3. The van der Waals surface area contributed by atoms with Crippen molar-refractivity contribution in [3.05, 3.63) is 106 Å². The molecule has 1 amide bonds. The third-order valence-electron chi connectivity index (χ3n) is 6.00. The van der Waals surface area contributed by atoms with Crippen LogP contribution in [0, 0.1) is 10.1 Å². The van der Waals surface area contributed by atoms with Crippen molar-refractivity contribution >= 4 is 34.7 Å². The SMILES string of the molecule is COC(=O)[C@@]1(Nc2ccc([N+](=O)[O-])cc2)C(C(=O)c2ccccc2)=C(OC)C(=O)N1c1ccc(OC)cc1. The summed E-state index contributed by atoms with van der Waals surface area (Å²) in [6, 6.07) is 19.5. The van der Waals surface area contributed by atoms with E-state index in [1.54, 1.807) is 30.3 Å². The van der Waals surface area contributed by atoms with Crippen molar-refractivity contribution in [2.45, 2.75) is 5.66 Å². The fraction of sp³-hybridized carbons (Fsp3) is 0.148. The molecule has 0 spiro atoms. The predicted octanol–water partition coefficient (Wildman–Crippen LogP) is 3.71. The van der Waals surface area contributed by atoms with Crippen LogP contribution in [0.15, 0.2) is 90.2 Å². The summed E-state index contributed by atoms with van der Waals surface area (Å²) in [7, 11) is 3.82. The fourth-order valence-corrected chi connectivity index (χ4v) is 4.26. The Morgan fingerprint density at radius 2 is 1.53 bits per heavy atom. The van der Waals surface area contributed by atoms with E-state index in [1.165, 1.54) is 62.8 Å². The number of nitrogens with zero attached hydrogens (tertiary/aromatic N) is 2. The maximum Gasteiger partial charge on any atom is 0.358 e. The number of Topliss-reactive ketones (excluding diaryl/α,β-unsaturated/α-hetero) is 1. The van der Waals surface area contributed by atoms with Gasteiger partial charge in [-0.3, -0.25) is 24.6 Å². The van der Waals surface area contributed by atoms with Gasteiger partial charge in [-0.15, -0.1) is 0 Å². The lowest BCUT2D eigenvalue weighted by atomic mass is 9.91. The molecule has 11 heteroatoms. The molecule has 1 aliphatic rings. The summed E-state index contributed by atoms with van der Waals surface area (Å²) >= 11 is 0. The molecule has 11 nitrogen and oxygen atoms in total. The Morgan fingerprint density at radius 3 is 2.05 bits per heavy atom. The smallest absolute Gasteiger partial charge is 0.358 e. The zero-order valence-corrected chi connectivity index (χ0v) is 20.7. The third-order valence-corrected chi connectivity index (χ3v) is 6.00. The first-order chi connectivity index (χ1) is 18.3. The molecular weight excluding hydrogens is 494 g/mol. The first-order valence-corrected chi connectivity index (χ1v) is 11.3. The van der Waals surface area contributed by atoms with E-state index in [1.807, 2.05) is 0 Å². The molecule has 1 atom stereocenters. The van der Waals surface area contributed by atoms with Crippen molar-refractivity contribution in [2.75, 3.05) is 31.5 Å². The van der Waals surface area contributed by atoms with Gasteiger partial charge in [0.1, 0.15) is 11.3 Å². The van der Waals surface area contributed by atoms with Crippen LogP contribution in [0.2, 0.25) is 0 Å². The molecule has 1 N–H and O–H groups in total. The lowest BCUT2D eigenvalue weighted by Crippen LogP contribution is -2.61. The number of benzene rings is 3. The lowest BCUT2D eigenvalue weighted by Gasteiger charge is -2.38. The maximum absolute atomic E-state index is 13.9. The second-order valence-electron chi connectivity index (χ2n) is 8.07. The number of esters is 1. The van der Waals surface area contributed by atoms with E-state index in [-0.39, 0.29) is 34.0 Å². The number of ether oxygens (including phenoxy) is 3. The largest absolute Gasteiger partial charge is 0.497 e. The van der Waals surface area contributed by atoms with Crippen molar-refractivity contribution in [1.29, 1.82) is 0 Å². The number of nitrogens with one attached hydrogen (secondary N) is 1. The number of non-ortho nitro benzene ring substituents is 1. The average molecular weight is 517 g/mol. The van der Waals surface area contributed by atoms with Crippen LogP contribution in [0.3, 0.4) is 0 Å². The molecule has 0 bridgehead atoms. The molecule has 4 rings (SSSR count). The molecule has 38 heavy (non-hydrogen) atoms. The van der Waals surface area contributed by atoms with Crippen molar-refractivity contribution < 1.29 is 33.5 Å². The Balaban J connectivity index is 2.00. The van der Waals surface area contributed by atoms with Gasteiger partial charge in [-0.1, -0.05) is 30.3 Å². The lowest BCUT2D eigenvalue weighted by molar-refractivity contribution is -0.384. The van der Waals surface area contributed by atoms with Crippen LogP contribution in [-0.2, 0) is 19.1 Å². The van der Waals surface area contributed by atoms with Gasteiger partial charge < -0.3 is 19.5 Å². The van der Waals surface area contributed by atoms with E-state index < -0.39 is 28.2 Å². The number of anilines is 2. The number of hydrogen-bond acceptors (Lipinski definition) is 9. The van der Waals surface area contributed by atoms with Crippen molar-refractivity contribution in [1.82, 2.24) is 0 Å². The van der Waals surface area contributed by atoms with E-state index in [9.17, 15) is 24.5 Å². The van der Waals surface area contributed by atoms with Gasteiger partial charge in [0, 0.05) is 29.1 Å². The van der Waals surface area contributed by atoms with Crippen LogP contribution in [-0.4, -0.2) is 49.6 Å². The Bertz CT molecular complexity index is 1420. The standard InChI is InChI=1S/C27H23N3O8/c1-36-21-15-13-19(14-16-21)29-25(32)24(37-2)22(23(31)17-7-5-4-6-8-17)27(29,26(33)38-3)28-18-9-11-20(12-10-18)30(34)35/h4-16,28H,1-3H3/t27-/m1/s1. The summed E-state index contributed by atoms with van der Waals surface area (Å²) in [6.07, 6.45) is 0. The van der Waals surface area contributed by atoms with Crippen LogP contribution in [0.4, 0.5) is 17.1 Å². The molecule has 0 aromatic heterocycles. The van der Waals surface area contributed by atoms with Gasteiger partial charge in [0.2, 0.25) is 0 Å². The summed E-state index contributed by atoms with van der Waals surface area (Å²) in [4.78, 5) is 53.1. The van der Waals surface area contributed by atoms with E-state index in [2.05, 4.69) is 5.32 Å². The Labute approximate surface area is 217 Å².